The molecule has 0 bridgehead atoms. The number of nitrogens with zero attached hydrogens (tertiary/aromatic N) is 1. The lowest BCUT2D eigenvalue weighted by molar-refractivity contribution is -0.130. The van der Waals surface area contributed by atoms with Gasteiger partial charge in [-0.15, -0.1) is 0 Å². The fraction of sp³-hybridized carbons (Fsp3) is 0.174. The van der Waals surface area contributed by atoms with Crippen LogP contribution in [0.15, 0.2) is 76.4 Å². The SMILES string of the molecule is O=C(COc1ccc(/C=N\NC(=O)[C@@H]2COc3ccccc3O2)cc1)NCc1ccco1. The minimum atomic E-state index is -0.781. The van der Waals surface area contributed by atoms with Gasteiger partial charge in [-0.2, -0.15) is 5.10 Å². The van der Waals surface area contributed by atoms with Gasteiger partial charge < -0.3 is 23.9 Å². The van der Waals surface area contributed by atoms with E-state index in [0.717, 1.165) is 5.56 Å². The van der Waals surface area contributed by atoms with E-state index in [0.29, 0.717) is 29.6 Å². The van der Waals surface area contributed by atoms with Crippen LogP contribution in [0.2, 0.25) is 0 Å². The molecule has 3 aromatic rings. The molecule has 0 fully saturated rings. The van der Waals surface area contributed by atoms with Gasteiger partial charge >= 0.3 is 0 Å². The van der Waals surface area contributed by atoms with E-state index in [4.69, 9.17) is 18.6 Å². The van der Waals surface area contributed by atoms with Crippen LogP contribution in [-0.4, -0.2) is 37.3 Å². The zero-order valence-electron chi connectivity index (χ0n) is 17.0. The molecule has 2 aromatic carbocycles. The molecular weight excluding hydrogens is 414 g/mol. The van der Waals surface area contributed by atoms with E-state index >= 15 is 0 Å². The maximum absolute atomic E-state index is 12.2. The highest BCUT2D eigenvalue weighted by atomic mass is 16.6. The summed E-state index contributed by atoms with van der Waals surface area (Å²) in [5, 5.41) is 6.65. The lowest BCUT2D eigenvalue weighted by Gasteiger charge is -2.24. The summed E-state index contributed by atoms with van der Waals surface area (Å²) in [6.07, 6.45) is 2.26. The van der Waals surface area contributed by atoms with Crippen molar-refractivity contribution in [1.82, 2.24) is 10.7 Å². The van der Waals surface area contributed by atoms with Crippen molar-refractivity contribution in [1.29, 1.82) is 0 Å². The molecule has 164 valence electrons. The van der Waals surface area contributed by atoms with Crippen molar-refractivity contribution in [3.05, 3.63) is 78.3 Å². The molecule has 9 nitrogen and oxygen atoms in total. The van der Waals surface area contributed by atoms with Crippen LogP contribution in [0.1, 0.15) is 11.3 Å². The molecule has 1 aliphatic heterocycles. The topological polar surface area (TPSA) is 111 Å². The van der Waals surface area contributed by atoms with E-state index < -0.39 is 12.0 Å². The Kier molecular flexibility index (Phi) is 6.66. The van der Waals surface area contributed by atoms with Gasteiger partial charge in [-0.3, -0.25) is 9.59 Å². The maximum Gasteiger partial charge on any atom is 0.284 e. The van der Waals surface area contributed by atoms with Gasteiger partial charge in [0.15, 0.2) is 18.1 Å². The van der Waals surface area contributed by atoms with Gasteiger partial charge in [0.1, 0.15) is 18.1 Å². The van der Waals surface area contributed by atoms with Gasteiger partial charge in [0, 0.05) is 0 Å². The largest absolute Gasteiger partial charge is 0.485 e. The number of hydrazone groups is 1. The molecule has 0 saturated heterocycles. The Morgan fingerprint density at radius 1 is 1.06 bits per heavy atom. The monoisotopic (exact) mass is 435 g/mol. The number of para-hydroxylation sites is 2. The van der Waals surface area contributed by atoms with Crippen molar-refractivity contribution in [2.75, 3.05) is 13.2 Å². The normalized spacial score (nSPS) is 14.7. The van der Waals surface area contributed by atoms with E-state index in [2.05, 4.69) is 15.8 Å². The number of amides is 2. The van der Waals surface area contributed by atoms with Crippen LogP contribution in [0.5, 0.6) is 17.2 Å². The molecule has 32 heavy (non-hydrogen) atoms. The van der Waals surface area contributed by atoms with Gasteiger partial charge in [-0.25, -0.2) is 5.43 Å². The molecule has 1 atom stereocenters. The van der Waals surface area contributed by atoms with Crippen LogP contribution in [0.4, 0.5) is 0 Å². The number of hydrogen-bond donors (Lipinski definition) is 2. The lowest BCUT2D eigenvalue weighted by atomic mass is 10.2. The van der Waals surface area contributed by atoms with Crippen LogP contribution in [0.3, 0.4) is 0 Å². The van der Waals surface area contributed by atoms with E-state index in [1.54, 1.807) is 60.9 Å². The number of rotatable bonds is 8. The van der Waals surface area contributed by atoms with Gasteiger partial charge in [-0.1, -0.05) is 12.1 Å². The van der Waals surface area contributed by atoms with Gasteiger partial charge in [0.25, 0.3) is 11.8 Å². The Morgan fingerprint density at radius 2 is 1.88 bits per heavy atom. The van der Waals surface area contributed by atoms with Crippen molar-refractivity contribution in [3.63, 3.8) is 0 Å². The van der Waals surface area contributed by atoms with Crippen LogP contribution >= 0.6 is 0 Å². The highest BCUT2D eigenvalue weighted by Crippen LogP contribution is 2.30. The van der Waals surface area contributed by atoms with Gasteiger partial charge in [0.05, 0.1) is 19.0 Å². The number of nitrogens with one attached hydrogen (secondary N) is 2. The number of benzene rings is 2. The number of fused-ring (bicyclic) bond motifs is 1. The first-order valence-corrected chi connectivity index (χ1v) is 9.91. The Labute approximate surface area is 184 Å². The third kappa shape index (κ3) is 5.66. The van der Waals surface area contributed by atoms with Crippen molar-refractivity contribution < 1.29 is 28.2 Å². The number of carbonyl (C=O) groups is 2. The molecular formula is C23H21N3O6. The molecule has 0 spiro atoms. The summed E-state index contributed by atoms with van der Waals surface area (Å²) in [6.45, 7) is 0.303. The maximum atomic E-state index is 12.2. The van der Waals surface area contributed by atoms with Gasteiger partial charge in [0.2, 0.25) is 6.10 Å². The van der Waals surface area contributed by atoms with Crippen LogP contribution < -0.4 is 25.0 Å². The highest BCUT2D eigenvalue weighted by molar-refractivity contribution is 5.85. The zero-order valence-corrected chi connectivity index (χ0v) is 17.0. The van der Waals surface area contributed by atoms with Gasteiger partial charge in [-0.05, 0) is 54.1 Å². The minimum absolute atomic E-state index is 0.111. The summed E-state index contributed by atoms with van der Waals surface area (Å²) in [7, 11) is 0. The number of carbonyl (C=O) groups excluding carboxylic acids is 2. The summed E-state index contributed by atoms with van der Waals surface area (Å²) >= 11 is 0. The molecule has 1 aliphatic rings. The fourth-order valence-electron chi connectivity index (χ4n) is 2.84. The molecule has 4 rings (SSSR count). The molecule has 2 N–H and O–H groups in total. The third-order valence-electron chi connectivity index (χ3n) is 4.48. The highest BCUT2D eigenvalue weighted by Gasteiger charge is 2.26. The molecule has 0 radical (unpaired) electrons. The van der Waals surface area contributed by atoms with E-state index in [-0.39, 0.29) is 19.1 Å². The lowest BCUT2D eigenvalue weighted by Crippen LogP contribution is -2.42. The summed E-state index contributed by atoms with van der Waals surface area (Å²) in [5.41, 5.74) is 3.19. The molecule has 2 heterocycles. The average molecular weight is 435 g/mol. The standard InChI is InChI=1S/C23H21N3O6/c27-22(24-13-18-4-3-11-29-18)15-30-17-9-7-16(8-10-17)12-25-26-23(28)21-14-31-19-5-1-2-6-20(19)32-21/h1-12,21H,13-15H2,(H,24,27)(H,26,28)/b25-12-/t21-/m0/s1. The second-order valence-corrected chi connectivity index (χ2v) is 6.81. The Bertz CT molecular complexity index is 1080. The second-order valence-electron chi connectivity index (χ2n) is 6.81. The molecule has 0 unspecified atom stereocenters. The van der Waals surface area contributed by atoms with Crippen LogP contribution in [-0.2, 0) is 16.1 Å². The molecule has 0 aliphatic carbocycles. The Balaban J connectivity index is 1.19. The van der Waals surface area contributed by atoms with Crippen molar-refractivity contribution >= 4 is 18.0 Å². The number of furan rings is 1. The number of hydrogen-bond acceptors (Lipinski definition) is 7. The van der Waals surface area contributed by atoms with Crippen molar-refractivity contribution in [3.8, 4) is 17.2 Å². The first-order chi connectivity index (χ1) is 15.7. The summed E-state index contributed by atoms with van der Waals surface area (Å²) in [4.78, 5) is 24.1. The van der Waals surface area contributed by atoms with E-state index in [1.807, 2.05) is 6.07 Å². The van der Waals surface area contributed by atoms with E-state index in [1.165, 1.54) is 6.21 Å². The predicted molar refractivity (Wildman–Crippen MR) is 115 cm³/mol. The Morgan fingerprint density at radius 3 is 2.66 bits per heavy atom. The minimum Gasteiger partial charge on any atom is -0.485 e. The summed E-state index contributed by atoms with van der Waals surface area (Å²) in [5.74, 6) is 1.67. The van der Waals surface area contributed by atoms with E-state index in [9.17, 15) is 9.59 Å². The number of ether oxygens (including phenoxy) is 3. The fourth-order valence-corrected chi connectivity index (χ4v) is 2.84. The summed E-state index contributed by atoms with van der Waals surface area (Å²) < 4.78 is 21.8. The smallest absolute Gasteiger partial charge is 0.284 e. The van der Waals surface area contributed by atoms with Crippen molar-refractivity contribution in [2.45, 2.75) is 12.6 Å². The molecule has 9 heteroatoms. The van der Waals surface area contributed by atoms with Crippen molar-refractivity contribution in [2.24, 2.45) is 5.10 Å². The molecule has 2 amide bonds. The second kappa shape index (κ2) is 10.2. The quantitative estimate of drug-likeness (QED) is 0.415. The van der Waals surface area contributed by atoms with Crippen LogP contribution in [0, 0.1) is 0 Å². The Hall–Kier alpha value is -4.27. The average Bonchev–Trinajstić information content (AvgIpc) is 3.35. The molecule has 0 saturated carbocycles. The first kappa shape index (κ1) is 21.0. The molecule has 1 aromatic heterocycles. The summed E-state index contributed by atoms with van der Waals surface area (Å²) in [6, 6.07) is 17.6. The first-order valence-electron chi connectivity index (χ1n) is 9.91. The van der Waals surface area contributed by atoms with Crippen LogP contribution in [0.25, 0.3) is 0 Å². The predicted octanol–water partition coefficient (Wildman–Crippen LogP) is 2.26. The third-order valence-corrected chi connectivity index (χ3v) is 4.48. The zero-order chi connectivity index (χ0) is 22.2.